The highest BCUT2D eigenvalue weighted by atomic mass is 35.5. The lowest BCUT2D eigenvalue weighted by Crippen LogP contribution is -2.52. The predicted octanol–water partition coefficient (Wildman–Crippen LogP) is 3.44. The number of benzene rings is 1. The molecule has 5 nitrogen and oxygen atoms in total. The van der Waals surface area contributed by atoms with Gasteiger partial charge in [0.25, 0.3) is 5.91 Å². The number of amides is 1. The molecule has 0 aliphatic carbocycles. The molecule has 0 saturated carbocycles. The number of hydrogen-bond donors (Lipinski definition) is 1. The van der Waals surface area contributed by atoms with E-state index in [1.807, 2.05) is 23.2 Å². The molecule has 2 heterocycles. The van der Waals surface area contributed by atoms with E-state index in [0.29, 0.717) is 10.9 Å². The fourth-order valence-electron chi connectivity index (χ4n) is 2.35. The van der Waals surface area contributed by atoms with Crippen LogP contribution in [-0.4, -0.2) is 27.9 Å². The third-order valence-electron chi connectivity index (χ3n) is 3.64. The Morgan fingerprint density at radius 2 is 2.22 bits per heavy atom. The summed E-state index contributed by atoms with van der Waals surface area (Å²) in [6.07, 6.45) is 4.28. The van der Waals surface area contributed by atoms with Crippen LogP contribution in [0.2, 0.25) is 5.02 Å². The first-order valence-electron chi connectivity index (χ1n) is 7.57. The van der Waals surface area contributed by atoms with Crippen LogP contribution >= 0.6 is 23.4 Å². The summed E-state index contributed by atoms with van der Waals surface area (Å²) in [6.45, 7) is 4.40. The molecule has 7 heteroatoms. The lowest BCUT2D eigenvalue weighted by molar-refractivity contribution is -0.122. The number of nitrogens with one attached hydrogen (secondary N) is 1. The van der Waals surface area contributed by atoms with Crippen LogP contribution in [0.4, 0.5) is 5.69 Å². The van der Waals surface area contributed by atoms with Crippen LogP contribution in [-0.2, 0) is 4.79 Å². The molecule has 0 aromatic heterocycles. The van der Waals surface area contributed by atoms with Gasteiger partial charge in [-0.05, 0) is 30.5 Å². The summed E-state index contributed by atoms with van der Waals surface area (Å²) in [7, 11) is 0. The summed E-state index contributed by atoms with van der Waals surface area (Å²) >= 11 is 7.68. The van der Waals surface area contributed by atoms with E-state index in [1.54, 1.807) is 35.0 Å². The molecule has 0 spiro atoms. The van der Waals surface area contributed by atoms with E-state index in [2.05, 4.69) is 24.4 Å². The number of thioether (sulfide) groups is 1. The minimum atomic E-state index is -0.486. The maximum atomic E-state index is 12.7. The number of amidine groups is 1. The van der Waals surface area contributed by atoms with Crippen LogP contribution in [0.5, 0.6) is 0 Å². The minimum Gasteiger partial charge on any atom is -0.294 e. The fourth-order valence-corrected chi connectivity index (χ4v) is 3.74. The maximum Gasteiger partial charge on any atom is 0.276 e. The van der Waals surface area contributed by atoms with E-state index in [0.717, 1.165) is 23.0 Å². The molecule has 3 rings (SSSR count). The lowest BCUT2D eigenvalue weighted by Gasteiger charge is -2.32. The van der Waals surface area contributed by atoms with Crippen molar-refractivity contribution in [2.75, 3.05) is 10.7 Å². The maximum absolute atomic E-state index is 12.7. The van der Waals surface area contributed by atoms with Gasteiger partial charge in [0.2, 0.25) is 6.17 Å². The first kappa shape index (κ1) is 16.2. The summed E-state index contributed by atoms with van der Waals surface area (Å²) in [6, 6.07) is 7.25. The average Bonchev–Trinajstić information content (AvgIpc) is 2.91. The van der Waals surface area contributed by atoms with E-state index in [-0.39, 0.29) is 5.91 Å². The molecule has 2 aliphatic heterocycles. The second kappa shape index (κ2) is 6.84. The molecule has 1 amide bonds. The number of carbonyl (C=O) groups excluding carboxylic acids is 1. The van der Waals surface area contributed by atoms with Gasteiger partial charge in [-0.15, -0.1) is 0 Å². The Hall–Kier alpha value is -1.66. The zero-order chi connectivity index (χ0) is 16.4. The van der Waals surface area contributed by atoms with Crippen molar-refractivity contribution in [3.8, 4) is 0 Å². The fraction of sp³-hybridized carbons (Fsp3) is 0.375. The first-order chi connectivity index (χ1) is 11.1. The average molecular weight is 351 g/mol. The molecule has 1 N–H and O–H groups in total. The largest absolute Gasteiger partial charge is 0.294 e. The van der Waals surface area contributed by atoms with E-state index < -0.39 is 6.17 Å². The van der Waals surface area contributed by atoms with E-state index >= 15 is 0 Å². The van der Waals surface area contributed by atoms with Gasteiger partial charge in [-0.3, -0.25) is 20.0 Å². The molecule has 0 bridgehead atoms. The Bertz CT molecular complexity index is 661. The number of nitrogens with zero attached hydrogens (tertiary/aromatic N) is 3. The van der Waals surface area contributed by atoms with Gasteiger partial charge in [0.15, 0.2) is 5.17 Å². The number of hydrogen-bond acceptors (Lipinski definition) is 5. The topological polar surface area (TPSA) is 47.9 Å². The van der Waals surface area contributed by atoms with Crippen LogP contribution in [0.25, 0.3) is 0 Å². The van der Waals surface area contributed by atoms with Crippen molar-refractivity contribution in [3.05, 3.63) is 41.7 Å². The molecule has 23 heavy (non-hydrogen) atoms. The summed E-state index contributed by atoms with van der Waals surface area (Å²) in [5, 5.41) is 5.75. The van der Waals surface area contributed by atoms with Crippen molar-refractivity contribution in [1.82, 2.24) is 10.3 Å². The number of rotatable bonds is 4. The second-order valence-corrected chi connectivity index (χ2v) is 7.35. The number of carbonyl (C=O) groups is 1. The van der Waals surface area contributed by atoms with Crippen LogP contribution in [0.1, 0.15) is 20.3 Å². The van der Waals surface area contributed by atoms with Crippen LogP contribution < -0.4 is 10.3 Å². The molecule has 2 aliphatic rings. The van der Waals surface area contributed by atoms with Gasteiger partial charge < -0.3 is 0 Å². The highest BCUT2D eigenvalue weighted by molar-refractivity contribution is 8.13. The predicted molar refractivity (Wildman–Crippen MR) is 96.2 cm³/mol. The molecule has 0 radical (unpaired) electrons. The van der Waals surface area contributed by atoms with Gasteiger partial charge in [-0.2, -0.15) is 5.10 Å². The van der Waals surface area contributed by atoms with Crippen LogP contribution in [0.15, 0.2) is 41.8 Å². The summed E-state index contributed by atoms with van der Waals surface area (Å²) < 4.78 is 0. The highest BCUT2D eigenvalue weighted by Crippen LogP contribution is 2.27. The van der Waals surface area contributed by atoms with Gasteiger partial charge in [-0.25, -0.2) is 0 Å². The van der Waals surface area contributed by atoms with E-state index in [9.17, 15) is 4.79 Å². The van der Waals surface area contributed by atoms with Gasteiger partial charge in [0.05, 0.1) is 0 Å². The standard InChI is InChI=1S/C16H19ClN4OS/c1-11(2)6-9-23-16-19-18-14-15(22)20(7-8-21(14)16)13-5-3-4-12(17)10-13/h3-5,7-8,10-11,14,18H,6,9H2,1-2H3. The Labute approximate surface area is 145 Å². The minimum absolute atomic E-state index is 0.0713. The van der Waals surface area contributed by atoms with Crippen molar-refractivity contribution >= 4 is 40.1 Å². The first-order valence-corrected chi connectivity index (χ1v) is 8.94. The highest BCUT2D eigenvalue weighted by Gasteiger charge is 2.38. The van der Waals surface area contributed by atoms with Crippen molar-refractivity contribution in [3.63, 3.8) is 0 Å². The van der Waals surface area contributed by atoms with Gasteiger partial charge in [0.1, 0.15) is 0 Å². The Morgan fingerprint density at radius 1 is 1.39 bits per heavy atom. The van der Waals surface area contributed by atoms with Gasteiger partial charge in [0, 0.05) is 28.9 Å². The van der Waals surface area contributed by atoms with E-state index in [1.165, 1.54) is 0 Å². The normalized spacial score (nSPS) is 19.9. The van der Waals surface area contributed by atoms with Crippen molar-refractivity contribution < 1.29 is 4.79 Å². The van der Waals surface area contributed by atoms with Crippen LogP contribution in [0.3, 0.4) is 0 Å². The lowest BCUT2D eigenvalue weighted by atomic mass is 10.2. The van der Waals surface area contributed by atoms with Crippen LogP contribution in [0, 0.1) is 5.92 Å². The monoisotopic (exact) mass is 350 g/mol. The molecule has 1 aromatic carbocycles. The van der Waals surface area contributed by atoms with E-state index in [4.69, 9.17) is 11.6 Å². The molecule has 0 fully saturated rings. The molecule has 1 aromatic rings. The molecule has 1 unspecified atom stereocenters. The van der Waals surface area contributed by atoms with Crippen molar-refractivity contribution in [1.29, 1.82) is 0 Å². The Kier molecular flexibility index (Phi) is 4.82. The third-order valence-corrected chi connectivity index (χ3v) is 4.88. The smallest absolute Gasteiger partial charge is 0.276 e. The molecular weight excluding hydrogens is 332 g/mol. The summed E-state index contributed by atoms with van der Waals surface area (Å²) in [4.78, 5) is 16.2. The number of halogens is 1. The number of fused-ring (bicyclic) bond motifs is 1. The van der Waals surface area contributed by atoms with Crippen molar-refractivity contribution in [2.45, 2.75) is 26.4 Å². The Morgan fingerprint density at radius 3 is 2.96 bits per heavy atom. The molecule has 1 atom stereocenters. The van der Waals surface area contributed by atoms with Gasteiger partial charge in [-0.1, -0.05) is 43.3 Å². The summed E-state index contributed by atoms with van der Waals surface area (Å²) in [5.41, 5.74) is 3.68. The molecular formula is C16H19ClN4OS. The molecule has 0 saturated heterocycles. The van der Waals surface area contributed by atoms with Gasteiger partial charge >= 0.3 is 0 Å². The second-order valence-electron chi connectivity index (χ2n) is 5.85. The quantitative estimate of drug-likeness (QED) is 0.903. The zero-order valence-electron chi connectivity index (χ0n) is 13.1. The SMILES string of the molecule is CC(C)CCSC1=NNC2C(=O)N(c3cccc(Cl)c3)C=CN12. The third kappa shape index (κ3) is 3.48. The molecule has 122 valence electrons. The van der Waals surface area contributed by atoms with Crippen molar-refractivity contribution in [2.24, 2.45) is 11.0 Å². The number of hydrazone groups is 1. The number of anilines is 1. The Balaban J connectivity index is 1.71. The summed E-state index contributed by atoms with van der Waals surface area (Å²) in [5.74, 6) is 1.57. The zero-order valence-corrected chi connectivity index (χ0v) is 14.6.